The first-order valence-corrected chi connectivity index (χ1v) is 9.77. The largest absolute Gasteiger partial charge is 0.480 e. The molecule has 0 aliphatic heterocycles. The van der Waals surface area contributed by atoms with Gasteiger partial charge in [-0.1, -0.05) is 19.9 Å². The molecule has 0 aliphatic carbocycles. The number of carbonyl (C=O) groups is 1. The van der Waals surface area contributed by atoms with Crippen LogP contribution in [0.4, 0.5) is 30.6 Å². The molecule has 0 amide bonds. The number of carboxylic acids is 1. The van der Waals surface area contributed by atoms with Gasteiger partial charge in [-0.2, -0.15) is 13.2 Å². The predicted octanol–water partition coefficient (Wildman–Crippen LogP) is 5.13. The quantitative estimate of drug-likeness (QED) is 0.464. The van der Waals surface area contributed by atoms with Crippen LogP contribution in [-0.4, -0.2) is 32.1 Å². The minimum Gasteiger partial charge on any atom is -0.480 e. The summed E-state index contributed by atoms with van der Waals surface area (Å²) in [4.78, 5) is 23.0. The Morgan fingerprint density at radius 1 is 1.06 bits per heavy atom. The van der Waals surface area contributed by atoms with Crippen molar-refractivity contribution in [3.63, 3.8) is 0 Å². The monoisotopic (exact) mass is 445 g/mol. The Labute approximate surface area is 182 Å². The Balaban J connectivity index is 1.82. The number of rotatable bonds is 7. The number of pyridine rings is 1. The number of nitrogens with one attached hydrogen (secondary N) is 2. The first-order chi connectivity index (χ1) is 15.0. The van der Waals surface area contributed by atoms with Gasteiger partial charge in [-0.25, -0.2) is 19.7 Å². The van der Waals surface area contributed by atoms with Crippen LogP contribution < -0.4 is 10.6 Å². The molecular weight excluding hydrogens is 423 g/mol. The van der Waals surface area contributed by atoms with Crippen LogP contribution in [0.5, 0.6) is 0 Å². The summed E-state index contributed by atoms with van der Waals surface area (Å²) in [5.74, 6) is -0.824. The number of benzene rings is 1. The number of halogens is 3. The van der Waals surface area contributed by atoms with Crippen molar-refractivity contribution in [2.24, 2.45) is 5.92 Å². The minimum absolute atomic E-state index is 0.127. The number of aliphatic carboxylic acids is 1. The second-order valence-electron chi connectivity index (χ2n) is 7.61. The summed E-state index contributed by atoms with van der Waals surface area (Å²) >= 11 is 0. The van der Waals surface area contributed by atoms with E-state index in [0.29, 0.717) is 11.5 Å². The zero-order chi connectivity index (χ0) is 23.5. The normalized spacial score (nSPS) is 12.5. The molecule has 3 N–H and O–H groups in total. The Kier molecular flexibility index (Phi) is 6.61. The highest BCUT2D eigenvalue weighted by Gasteiger charge is 2.32. The molecule has 2 aromatic heterocycles. The highest BCUT2D eigenvalue weighted by atomic mass is 19.4. The summed E-state index contributed by atoms with van der Waals surface area (Å²) in [7, 11) is 0. The van der Waals surface area contributed by atoms with Gasteiger partial charge in [-0.15, -0.1) is 0 Å². The van der Waals surface area contributed by atoms with Crippen molar-refractivity contribution in [3.05, 3.63) is 60.0 Å². The average molecular weight is 445 g/mol. The lowest BCUT2D eigenvalue weighted by molar-refractivity contribution is -0.141. The Bertz CT molecular complexity index is 1100. The maximum Gasteiger partial charge on any atom is 0.433 e. The second-order valence-corrected chi connectivity index (χ2v) is 7.61. The highest BCUT2D eigenvalue weighted by molar-refractivity contribution is 5.77. The van der Waals surface area contributed by atoms with Gasteiger partial charge < -0.3 is 15.7 Å². The lowest BCUT2D eigenvalue weighted by Crippen LogP contribution is -2.34. The average Bonchev–Trinajstić information content (AvgIpc) is 2.71. The number of alkyl halides is 3. The summed E-state index contributed by atoms with van der Waals surface area (Å²) in [5.41, 5.74) is 1.88. The van der Waals surface area contributed by atoms with E-state index in [9.17, 15) is 23.1 Å². The van der Waals surface area contributed by atoms with Gasteiger partial charge in [0.15, 0.2) is 0 Å². The van der Waals surface area contributed by atoms with Crippen LogP contribution in [0.3, 0.4) is 0 Å². The van der Waals surface area contributed by atoms with Crippen molar-refractivity contribution in [2.75, 3.05) is 10.6 Å². The van der Waals surface area contributed by atoms with E-state index in [-0.39, 0.29) is 11.9 Å². The fourth-order valence-electron chi connectivity index (χ4n) is 3.05. The lowest BCUT2D eigenvalue weighted by atomic mass is 10.0. The van der Waals surface area contributed by atoms with Crippen LogP contribution in [0.1, 0.15) is 25.1 Å². The van der Waals surface area contributed by atoms with Gasteiger partial charge >= 0.3 is 12.1 Å². The predicted molar refractivity (Wildman–Crippen MR) is 115 cm³/mol. The van der Waals surface area contributed by atoms with E-state index in [4.69, 9.17) is 0 Å². The van der Waals surface area contributed by atoms with Crippen molar-refractivity contribution < 1.29 is 23.1 Å². The van der Waals surface area contributed by atoms with Crippen LogP contribution in [0.2, 0.25) is 0 Å². The van der Waals surface area contributed by atoms with E-state index in [0.717, 1.165) is 29.0 Å². The van der Waals surface area contributed by atoms with E-state index in [1.807, 2.05) is 13.0 Å². The summed E-state index contributed by atoms with van der Waals surface area (Å²) in [6.07, 6.45) is -1.92. The first kappa shape index (κ1) is 23.0. The molecule has 0 unspecified atom stereocenters. The topological polar surface area (TPSA) is 100 Å². The van der Waals surface area contributed by atoms with Gasteiger partial charge in [-0.05, 0) is 54.3 Å². The smallest absolute Gasteiger partial charge is 0.433 e. The Hall–Kier alpha value is -3.69. The first-order valence-electron chi connectivity index (χ1n) is 9.77. The molecule has 1 aromatic carbocycles. The third-order valence-electron chi connectivity index (χ3n) is 4.61. The highest BCUT2D eigenvalue weighted by Crippen LogP contribution is 2.29. The number of aryl methyl sites for hydroxylation is 1. The van der Waals surface area contributed by atoms with Crippen molar-refractivity contribution >= 4 is 23.4 Å². The van der Waals surface area contributed by atoms with Crippen LogP contribution in [-0.2, 0) is 11.0 Å². The second kappa shape index (κ2) is 9.21. The number of aromatic nitrogens is 3. The molecular formula is C22H22F3N5O2. The van der Waals surface area contributed by atoms with Crippen LogP contribution in [0.15, 0.2) is 48.8 Å². The molecule has 7 nitrogen and oxygen atoms in total. The van der Waals surface area contributed by atoms with Crippen molar-refractivity contribution in [3.8, 4) is 11.1 Å². The summed E-state index contributed by atoms with van der Waals surface area (Å²) in [5, 5.41) is 15.0. The fourth-order valence-corrected chi connectivity index (χ4v) is 3.05. The SMILES string of the molecule is Cc1cc(Nc2nccc(C(F)(F)F)n2)cc(-c2ccc(N[C@@H](C(=O)O)C(C)C)nc2)c1. The number of nitrogens with zero attached hydrogens (tertiary/aromatic N) is 3. The van der Waals surface area contributed by atoms with Crippen LogP contribution in [0, 0.1) is 12.8 Å². The molecule has 168 valence electrons. The zero-order valence-electron chi connectivity index (χ0n) is 17.6. The maximum atomic E-state index is 12.9. The van der Waals surface area contributed by atoms with E-state index in [1.165, 1.54) is 0 Å². The molecule has 3 aromatic rings. The van der Waals surface area contributed by atoms with Crippen molar-refractivity contribution in [1.29, 1.82) is 0 Å². The van der Waals surface area contributed by atoms with Crippen LogP contribution in [0.25, 0.3) is 11.1 Å². The van der Waals surface area contributed by atoms with E-state index < -0.39 is 23.9 Å². The fraction of sp³-hybridized carbons (Fsp3) is 0.273. The van der Waals surface area contributed by atoms with Gasteiger partial charge in [0, 0.05) is 23.6 Å². The van der Waals surface area contributed by atoms with Gasteiger partial charge in [0.25, 0.3) is 0 Å². The number of hydrogen-bond donors (Lipinski definition) is 3. The molecule has 0 radical (unpaired) electrons. The summed E-state index contributed by atoms with van der Waals surface area (Å²) < 4.78 is 38.7. The van der Waals surface area contributed by atoms with Crippen molar-refractivity contribution in [2.45, 2.75) is 33.0 Å². The molecule has 0 spiro atoms. The standard InChI is InChI=1S/C22H22F3N5O2/c1-12(2)19(20(31)32)30-18-5-4-14(11-27-18)15-8-13(3)9-16(10-15)28-21-26-7-6-17(29-21)22(23,24)25/h4-12,19H,1-3H3,(H,27,30)(H,31,32)(H,26,28,29)/t19-/m1/s1. The number of hydrogen-bond acceptors (Lipinski definition) is 6. The minimum atomic E-state index is -4.56. The molecule has 0 aliphatic rings. The summed E-state index contributed by atoms with van der Waals surface area (Å²) in [6.45, 7) is 5.45. The van der Waals surface area contributed by atoms with Gasteiger partial charge in [0.1, 0.15) is 17.6 Å². The molecule has 0 saturated carbocycles. The summed E-state index contributed by atoms with van der Waals surface area (Å²) in [6, 6.07) is 8.91. The van der Waals surface area contributed by atoms with Gasteiger partial charge in [0.2, 0.25) is 5.95 Å². The maximum absolute atomic E-state index is 12.9. The number of anilines is 3. The molecule has 0 bridgehead atoms. The molecule has 3 rings (SSSR count). The zero-order valence-corrected chi connectivity index (χ0v) is 17.6. The molecule has 1 atom stereocenters. The van der Waals surface area contributed by atoms with Gasteiger partial charge in [-0.3, -0.25) is 0 Å². The van der Waals surface area contributed by atoms with Crippen molar-refractivity contribution in [1.82, 2.24) is 15.0 Å². The lowest BCUT2D eigenvalue weighted by Gasteiger charge is -2.18. The molecule has 0 saturated heterocycles. The van der Waals surface area contributed by atoms with Gasteiger partial charge in [0.05, 0.1) is 0 Å². The third-order valence-corrected chi connectivity index (χ3v) is 4.61. The molecule has 2 heterocycles. The van der Waals surface area contributed by atoms with Crippen LogP contribution >= 0.6 is 0 Å². The van der Waals surface area contributed by atoms with E-state index in [1.54, 1.807) is 44.3 Å². The third kappa shape index (κ3) is 5.71. The molecule has 10 heteroatoms. The van der Waals surface area contributed by atoms with E-state index >= 15 is 0 Å². The Morgan fingerprint density at radius 3 is 2.41 bits per heavy atom. The van der Waals surface area contributed by atoms with E-state index in [2.05, 4.69) is 25.6 Å². The Morgan fingerprint density at radius 2 is 1.81 bits per heavy atom. The molecule has 0 fully saturated rings. The number of carboxylic acid groups (broad SMARTS) is 1. The molecule has 32 heavy (non-hydrogen) atoms.